The van der Waals surface area contributed by atoms with E-state index in [1.54, 1.807) is 86.6 Å². The Balaban J connectivity index is 1.32. The van der Waals surface area contributed by atoms with Gasteiger partial charge in [0.1, 0.15) is 17.6 Å². The van der Waals surface area contributed by atoms with E-state index >= 15 is 0 Å². The van der Waals surface area contributed by atoms with Crippen molar-refractivity contribution in [1.29, 1.82) is 0 Å². The Hall–Kier alpha value is -5.17. The predicted molar refractivity (Wildman–Crippen MR) is 167 cm³/mol. The molecular formula is C32H37N5O8. The smallest absolute Gasteiger partial charge is 0.323 e. The number of amides is 5. The van der Waals surface area contributed by atoms with E-state index in [-0.39, 0.29) is 49.9 Å². The van der Waals surface area contributed by atoms with E-state index in [2.05, 4.69) is 16.0 Å². The normalized spacial score (nSPS) is 17.6. The van der Waals surface area contributed by atoms with Gasteiger partial charge in [0.05, 0.1) is 31.9 Å². The fourth-order valence-corrected chi connectivity index (χ4v) is 5.03. The van der Waals surface area contributed by atoms with Gasteiger partial charge in [0.25, 0.3) is 5.91 Å². The van der Waals surface area contributed by atoms with E-state index in [0.717, 1.165) is 0 Å². The Morgan fingerprint density at radius 2 is 1.62 bits per heavy atom. The molecule has 0 spiro atoms. The van der Waals surface area contributed by atoms with E-state index in [1.807, 2.05) is 6.92 Å². The van der Waals surface area contributed by atoms with Crippen molar-refractivity contribution in [1.82, 2.24) is 9.80 Å². The number of ether oxygens (including phenoxy) is 4. The van der Waals surface area contributed by atoms with Gasteiger partial charge in [-0.25, -0.2) is 9.59 Å². The number of hydrogen-bond acceptors (Lipinski definition) is 8. The number of fused-ring (bicyclic) bond motifs is 2. The van der Waals surface area contributed by atoms with Crippen molar-refractivity contribution in [2.24, 2.45) is 5.92 Å². The summed E-state index contributed by atoms with van der Waals surface area (Å²) in [4.78, 5) is 42.7. The third-order valence-electron chi connectivity index (χ3n) is 7.69. The third kappa shape index (κ3) is 7.32. The summed E-state index contributed by atoms with van der Waals surface area (Å²) < 4.78 is 22.2. The second kappa shape index (κ2) is 13.6. The lowest BCUT2D eigenvalue weighted by Crippen LogP contribution is -2.50. The van der Waals surface area contributed by atoms with E-state index in [9.17, 15) is 19.5 Å². The van der Waals surface area contributed by atoms with Crippen LogP contribution in [0.2, 0.25) is 0 Å². The van der Waals surface area contributed by atoms with Crippen molar-refractivity contribution in [2.45, 2.75) is 26.0 Å². The maximum atomic E-state index is 13.8. The van der Waals surface area contributed by atoms with Gasteiger partial charge in [0.15, 0.2) is 11.5 Å². The zero-order chi connectivity index (χ0) is 32.1. The number of urea groups is 2. The second-order valence-corrected chi connectivity index (χ2v) is 11.0. The number of aliphatic hydroxyl groups excluding tert-OH is 1. The van der Waals surface area contributed by atoms with Crippen LogP contribution in [0.25, 0.3) is 0 Å². The zero-order valence-corrected chi connectivity index (χ0v) is 25.5. The van der Waals surface area contributed by atoms with E-state index in [4.69, 9.17) is 18.9 Å². The Bertz CT molecular complexity index is 1550. The molecule has 0 aliphatic carbocycles. The Morgan fingerprint density at radius 3 is 2.31 bits per heavy atom. The molecule has 0 fully saturated rings. The van der Waals surface area contributed by atoms with Crippen molar-refractivity contribution in [3.05, 3.63) is 66.2 Å². The van der Waals surface area contributed by atoms with Crippen molar-refractivity contribution in [3.63, 3.8) is 0 Å². The topological polar surface area (TPSA) is 151 Å². The highest BCUT2D eigenvalue weighted by Crippen LogP contribution is 2.35. The van der Waals surface area contributed by atoms with Gasteiger partial charge in [-0.3, -0.25) is 4.79 Å². The molecule has 238 valence electrons. The minimum absolute atomic E-state index is 0.120. The molecule has 2 heterocycles. The Kier molecular flexibility index (Phi) is 9.48. The first-order chi connectivity index (χ1) is 21.6. The van der Waals surface area contributed by atoms with E-state index < -0.39 is 18.2 Å². The van der Waals surface area contributed by atoms with Crippen LogP contribution in [0.3, 0.4) is 0 Å². The number of carbonyl (C=O) groups excluding carboxylic acids is 3. The number of nitrogens with zero attached hydrogens (tertiary/aromatic N) is 2. The van der Waals surface area contributed by atoms with Crippen molar-refractivity contribution in [3.8, 4) is 23.0 Å². The predicted octanol–water partition coefficient (Wildman–Crippen LogP) is 4.45. The first-order valence-corrected chi connectivity index (χ1v) is 14.5. The molecule has 13 nitrogen and oxygen atoms in total. The highest BCUT2D eigenvalue weighted by molar-refractivity contribution is 6.02. The van der Waals surface area contributed by atoms with Crippen molar-refractivity contribution < 1.29 is 38.4 Å². The van der Waals surface area contributed by atoms with Crippen LogP contribution < -0.4 is 34.9 Å². The number of anilines is 3. The molecule has 0 unspecified atom stereocenters. The van der Waals surface area contributed by atoms with Crippen LogP contribution in [0.15, 0.2) is 60.7 Å². The number of likely N-dealkylation sites (N-methyl/N-ethyl adjacent to an activating group) is 1. The van der Waals surface area contributed by atoms with Crippen LogP contribution in [0.5, 0.6) is 23.0 Å². The van der Waals surface area contributed by atoms with Crippen LogP contribution >= 0.6 is 0 Å². The zero-order valence-electron chi connectivity index (χ0n) is 25.5. The summed E-state index contributed by atoms with van der Waals surface area (Å²) in [6, 6.07) is 15.5. The molecular weight excluding hydrogens is 582 g/mol. The fraction of sp³-hybridized carbons (Fsp3) is 0.344. The average molecular weight is 620 g/mol. The molecule has 0 aromatic heterocycles. The summed E-state index contributed by atoms with van der Waals surface area (Å²) in [6.45, 7) is 4.08. The average Bonchev–Trinajstić information content (AvgIpc) is 3.51. The highest BCUT2D eigenvalue weighted by Gasteiger charge is 2.34. The molecule has 0 radical (unpaired) electrons. The SMILES string of the molecule is COc1ccc(NC(=O)N(C)C[C@H]2Oc3ccc(NC(=O)Nc4ccc5c(c4)OCO5)cc3C(=O)N([C@@H](C)CO)C[C@@H]2C)cc1. The summed E-state index contributed by atoms with van der Waals surface area (Å²) in [5, 5.41) is 18.3. The van der Waals surface area contributed by atoms with Crippen molar-refractivity contribution >= 4 is 35.0 Å². The third-order valence-corrected chi connectivity index (χ3v) is 7.69. The minimum Gasteiger partial charge on any atom is -0.497 e. The number of carbonyl (C=O) groups is 3. The molecule has 2 aliphatic heterocycles. The van der Waals surface area contributed by atoms with Gasteiger partial charge in [-0.05, 0) is 61.5 Å². The standard InChI is InChI=1S/C32H37N5O8/c1-19-15-37(20(2)17-38)30(39)25-13-22(33-31(40)34-23-8-12-27-28(14-23)44-18-43-27)7-11-26(25)45-29(19)16-36(3)32(41)35-21-5-9-24(42-4)10-6-21/h5-14,19-20,29,38H,15-18H2,1-4H3,(H,35,41)(H2,33,34,40)/t19-,20-,29+/m0/s1. The molecule has 4 N–H and O–H groups in total. The van der Waals surface area contributed by atoms with Crippen LogP contribution in [0.4, 0.5) is 26.7 Å². The first kappa shape index (κ1) is 31.3. The largest absolute Gasteiger partial charge is 0.497 e. The molecule has 5 rings (SSSR count). The lowest BCUT2D eigenvalue weighted by Gasteiger charge is -2.38. The first-order valence-electron chi connectivity index (χ1n) is 14.5. The number of benzene rings is 3. The molecule has 3 aromatic carbocycles. The lowest BCUT2D eigenvalue weighted by molar-refractivity contribution is 0.0371. The maximum Gasteiger partial charge on any atom is 0.323 e. The molecule has 0 saturated carbocycles. The summed E-state index contributed by atoms with van der Waals surface area (Å²) in [7, 11) is 3.24. The van der Waals surface area contributed by atoms with E-state index in [1.165, 1.54) is 4.90 Å². The van der Waals surface area contributed by atoms with Crippen LogP contribution in [0.1, 0.15) is 24.2 Å². The molecule has 13 heteroatoms. The van der Waals surface area contributed by atoms with Crippen LogP contribution in [-0.4, -0.2) is 85.7 Å². The summed E-state index contributed by atoms with van der Waals surface area (Å²) in [5.41, 5.74) is 1.70. The molecule has 3 aromatic rings. The Morgan fingerprint density at radius 1 is 0.978 bits per heavy atom. The minimum atomic E-state index is -0.524. The van der Waals surface area contributed by atoms with Gasteiger partial charge in [-0.15, -0.1) is 0 Å². The molecule has 5 amide bonds. The number of methoxy groups -OCH3 is 1. The van der Waals surface area contributed by atoms with Gasteiger partial charge in [-0.1, -0.05) is 6.92 Å². The van der Waals surface area contributed by atoms with Gasteiger partial charge in [0.2, 0.25) is 6.79 Å². The monoisotopic (exact) mass is 619 g/mol. The molecule has 3 atom stereocenters. The highest BCUT2D eigenvalue weighted by atomic mass is 16.7. The van der Waals surface area contributed by atoms with Crippen LogP contribution in [0, 0.1) is 5.92 Å². The van der Waals surface area contributed by atoms with Crippen molar-refractivity contribution in [2.75, 3.05) is 56.6 Å². The summed E-state index contributed by atoms with van der Waals surface area (Å²) >= 11 is 0. The summed E-state index contributed by atoms with van der Waals surface area (Å²) in [5.74, 6) is 1.57. The maximum absolute atomic E-state index is 13.8. The molecule has 2 aliphatic rings. The summed E-state index contributed by atoms with van der Waals surface area (Å²) in [6.07, 6.45) is -0.495. The lowest BCUT2D eigenvalue weighted by atomic mass is 9.99. The van der Waals surface area contributed by atoms with Gasteiger partial charge in [0, 0.05) is 42.6 Å². The molecule has 45 heavy (non-hydrogen) atoms. The van der Waals surface area contributed by atoms with Gasteiger partial charge < -0.3 is 49.8 Å². The van der Waals surface area contributed by atoms with Crippen LogP contribution in [-0.2, 0) is 0 Å². The molecule has 0 bridgehead atoms. The van der Waals surface area contributed by atoms with Gasteiger partial charge in [-0.2, -0.15) is 0 Å². The number of aliphatic hydroxyl groups is 1. The second-order valence-electron chi connectivity index (χ2n) is 11.0. The Labute approximate surface area is 261 Å². The van der Waals surface area contributed by atoms with E-state index in [0.29, 0.717) is 40.1 Å². The quantitative estimate of drug-likeness (QED) is 0.289. The number of hydrogen-bond donors (Lipinski definition) is 4. The van der Waals surface area contributed by atoms with Gasteiger partial charge >= 0.3 is 12.1 Å². The number of nitrogens with one attached hydrogen (secondary N) is 3. The number of rotatable bonds is 8. The molecule has 0 saturated heterocycles. The fourth-order valence-electron chi connectivity index (χ4n) is 5.03.